The summed E-state index contributed by atoms with van der Waals surface area (Å²) in [6.07, 6.45) is -4.73. The molecule has 0 spiro atoms. The summed E-state index contributed by atoms with van der Waals surface area (Å²) < 4.78 is 38.4. The Morgan fingerprint density at radius 1 is 1.17 bits per heavy atom. The van der Waals surface area contributed by atoms with Crippen LogP contribution in [0.4, 0.5) is 13.2 Å². The van der Waals surface area contributed by atoms with Crippen LogP contribution < -0.4 is 5.69 Å². The predicted octanol–water partition coefficient (Wildman–Crippen LogP) is 1.59. The quantitative estimate of drug-likeness (QED) is 0.662. The summed E-state index contributed by atoms with van der Waals surface area (Å²) in [5.74, 6) is -1.33. The first-order valence-corrected chi connectivity index (χ1v) is 4.92. The van der Waals surface area contributed by atoms with Crippen LogP contribution in [-0.4, -0.2) is 19.6 Å². The normalized spacial score (nSPS) is 12.4. The van der Waals surface area contributed by atoms with Gasteiger partial charge in [-0.05, 0) is 12.1 Å². The second kappa shape index (κ2) is 3.31. The van der Waals surface area contributed by atoms with Crippen LogP contribution in [0.15, 0.2) is 29.1 Å². The molecular formula is C10H5F3N4O. The van der Waals surface area contributed by atoms with Gasteiger partial charge in [-0.15, -0.1) is 10.2 Å². The molecule has 0 aliphatic carbocycles. The first-order valence-electron chi connectivity index (χ1n) is 4.92. The maximum atomic E-state index is 12.7. The van der Waals surface area contributed by atoms with Gasteiger partial charge in [-0.3, -0.25) is 0 Å². The van der Waals surface area contributed by atoms with Crippen LogP contribution in [-0.2, 0) is 6.18 Å². The predicted molar refractivity (Wildman–Crippen MR) is 56.1 cm³/mol. The number of aromatic nitrogens is 4. The van der Waals surface area contributed by atoms with Crippen molar-refractivity contribution >= 4 is 16.6 Å². The van der Waals surface area contributed by atoms with Crippen LogP contribution in [0.5, 0.6) is 0 Å². The molecule has 2 heterocycles. The van der Waals surface area contributed by atoms with E-state index in [1.807, 2.05) is 0 Å². The Bertz CT molecular complexity index is 802. The van der Waals surface area contributed by atoms with E-state index in [1.54, 1.807) is 24.3 Å². The minimum atomic E-state index is -4.73. The minimum absolute atomic E-state index is 0.110. The summed E-state index contributed by atoms with van der Waals surface area (Å²) in [7, 11) is 0. The summed E-state index contributed by atoms with van der Waals surface area (Å²) in [4.78, 5) is 14.0. The Balaban J connectivity index is 2.55. The van der Waals surface area contributed by atoms with E-state index < -0.39 is 17.7 Å². The highest BCUT2D eigenvalue weighted by Gasteiger charge is 2.38. The number of nitrogens with one attached hydrogen (secondary N) is 1. The van der Waals surface area contributed by atoms with Gasteiger partial charge >= 0.3 is 11.9 Å². The molecule has 0 radical (unpaired) electrons. The topological polar surface area (TPSA) is 63.0 Å². The van der Waals surface area contributed by atoms with Crippen molar-refractivity contribution in [2.45, 2.75) is 6.18 Å². The minimum Gasteiger partial charge on any atom is -0.306 e. The van der Waals surface area contributed by atoms with Crippen molar-refractivity contribution in [2.75, 3.05) is 0 Å². The second-order valence-electron chi connectivity index (χ2n) is 3.66. The van der Waals surface area contributed by atoms with E-state index in [4.69, 9.17) is 0 Å². The largest absolute Gasteiger partial charge is 0.452 e. The summed E-state index contributed by atoms with van der Waals surface area (Å²) in [5.41, 5.74) is -0.612. The smallest absolute Gasteiger partial charge is 0.306 e. The fraction of sp³-hybridized carbons (Fsp3) is 0.100. The molecule has 8 heteroatoms. The fourth-order valence-electron chi connectivity index (χ4n) is 1.79. The van der Waals surface area contributed by atoms with Crippen LogP contribution in [0.3, 0.4) is 0 Å². The lowest BCUT2D eigenvalue weighted by Crippen LogP contribution is -2.22. The van der Waals surface area contributed by atoms with Gasteiger partial charge in [0.15, 0.2) is 5.65 Å². The molecule has 0 bridgehead atoms. The summed E-state index contributed by atoms with van der Waals surface area (Å²) in [6, 6.07) is 6.45. The maximum absolute atomic E-state index is 12.7. The van der Waals surface area contributed by atoms with Crippen LogP contribution >= 0.6 is 0 Å². The second-order valence-corrected chi connectivity index (χ2v) is 3.66. The number of rotatable bonds is 0. The van der Waals surface area contributed by atoms with Crippen molar-refractivity contribution in [3.8, 4) is 0 Å². The number of hydrogen-bond donors (Lipinski definition) is 1. The van der Waals surface area contributed by atoms with Gasteiger partial charge < -0.3 is 4.98 Å². The number of fused-ring (bicyclic) bond motifs is 3. The molecule has 0 atom stereocenters. The van der Waals surface area contributed by atoms with E-state index in [-0.39, 0.29) is 5.65 Å². The number of nitrogens with zero attached hydrogens (tertiary/aromatic N) is 3. The van der Waals surface area contributed by atoms with Crippen molar-refractivity contribution in [3.63, 3.8) is 0 Å². The van der Waals surface area contributed by atoms with Crippen LogP contribution in [0.25, 0.3) is 16.6 Å². The maximum Gasteiger partial charge on any atom is 0.452 e. The lowest BCUT2D eigenvalue weighted by atomic mass is 10.2. The Morgan fingerprint density at radius 2 is 1.89 bits per heavy atom. The van der Waals surface area contributed by atoms with Gasteiger partial charge in [0.2, 0.25) is 5.82 Å². The van der Waals surface area contributed by atoms with Crippen molar-refractivity contribution in [2.24, 2.45) is 0 Å². The molecule has 92 valence electrons. The lowest BCUT2D eigenvalue weighted by Gasteiger charge is -2.04. The first kappa shape index (κ1) is 10.8. The molecule has 0 aliphatic rings. The zero-order valence-corrected chi connectivity index (χ0v) is 8.69. The van der Waals surface area contributed by atoms with E-state index in [0.29, 0.717) is 15.3 Å². The third-order valence-electron chi connectivity index (χ3n) is 2.53. The third kappa shape index (κ3) is 1.38. The van der Waals surface area contributed by atoms with E-state index in [2.05, 4.69) is 15.2 Å². The summed E-state index contributed by atoms with van der Waals surface area (Å²) >= 11 is 0. The number of benzene rings is 1. The van der Waals surface area contributed by atoms with Crippen molar-refractivity contribution in [1.82, 2.24) is 19.6 Å². The molecule has 0 saturated heterocycles. The summed E-state index contributed by atoms with van der Waals surface area (Å²) in [6.45, 7) is 0. The Kier molecular flexibility index (Phi) is 1.98. The Labute approximate surface area is 96.9 Å². The van der Waals surface area contributed by atoms with Gasteiger partial charge in [0.1, 0.15) is 0 Å². The molecule has 3 aromatic rings. The van der Waals surface area contributed by atoms with Crippen molar-refractivity contribution in [3.05, 3.63) is 40.6 Å². The van der Waals surface area contributed by atoms with E-state index >= 15 is 0 Å². The van der Waals surface area contributed by atoms with Crippen LogP contribution in [0.2, 0.25) is 0 Å². The Morgan fingerprint density at radius 3 is 2.61 bits per heavy atom. The van der Waals surface area contributed by atoms with E-state index in [0.717, 1.165) is 0 Å². The molecule has 0 aliphatic heterocycles. The highest BCUT2D eigenvalue weighted by molar-refractivity contribution is 5.90. The molecule has 3 rings (SSSR count). The molecule has 0 fully saturated rings. The fourth-order valence-corrected chi connectivity index (χ4v) is 1.79. The Hall–Kier alpha value is -2.38. The number of alkyl halides is 3. The van der Waals surface area contributed by atoms with Gasteiger partial charge in [-0.2, -0.15) is 13.2 Å². The van der Waals surface area contributed by atoms with Crippen LogP contribution in [0, 0.1) is 0 Å². The number of para-hydroxylation sites is 1. The van der Waals surface area contributed by atoms with Gasteiger partial charge in [0.05, 0.1) is 5.52 Å². The first-order chi connectivity index (χ1) is 8.48. The SMILES string of the molecule is O=c1[nH]c2ccccc2c2nnc(C(F)(F)F)n12. The number of halogens is 3. The monoisotopic (exact) mass is 254 g/mol. The zero-order chi connectivity index (χ0) is 12.9. The molecule has 0 saturated carbocycles. The van der Waals surface area contributed by atoms with Gasteiger partial charge in [0, 0.05) is 5.39 Å². The number of hydrogen-bond acceptors (Lipinski definition) is 3. The molecule has 5 nitrogen and oxygen atoms in total. The van der Waals surface area contributed by atoms with Crippen molar-refractivity contribution in [1.29, 1.82) is 0 Å². The lowest BCUT2D eigenvalue weighted by molar-refractivity contribution is -0.145. The zero-order valence-electron chi connectivity index (χ0n) is 8.69. The average Bonchev–Trinajstić information content (AvgIpc) is 2.74. The molecule has 0 unspecified atom stereocenters. The molecular weight excluding hydrogens is 249 g/mol. The number of aromatic amines is 1. The molecule has 18 heavy (non-hydrogen) atoms. The van der Waals surface area contributed by atoms with Gasteiger partial charge in [0.25, 0.3) is 0 Å². The highest BCUT2D eigenvalue weighted by atomic mass is 19.4. The molecule has 2 aromatic heterocycles. The van der Waals surface area contributed by atoms with E-state index in [1.165, 1.54) is 0 Å². The highest BCUT2D eigenvalue weighted by Crippen LogP contribution is 2.28. The van der Waals surface area contributed by atoms with Crippen molar-refractivity contribution < 1.29 is 13.2 Å². The van der Waals surface area contributed by atoms with E-state index in [9.17, 15) is 18.0 Å². The third-order valence-corrected chi connectivity index (χ3v) is 2.53. The van der Waals surface area contributed by atoms with Gasteiger partial charge in [-0.1, -0.05) is 12.1 Å². The van der Waals surface area contributed by atoms with Gasteiger partial charge in [-0.25, -0.2) is 9.20 Å². The molecule has 1 N–H and O–H groups in total. The molecule has 0 amide bonds. The number of H-pyrrole nitrogens is 1. The summed E-state index contributed by atoms with van der Waals surface area (Å²) in [5, 5.41) is 6.90. The molecule has 1 aromatic carbocycles. The van der Waals surface area contributed by atoms with Crippen LogP contribution in [0.1, 0.15) is 5.82 Å². The average molecular weight is 254 g/mol. The standard InChI is InChI=1S/C10H5F3N4O/c11-10(12,13)8-16-15-7-5-3-1-2-4-6(5)14-9(18)17(7)8/h1-4H,(H,14,18).